The zero-order valence-corrected chi connectivity index (χ0v) is 10.0. The van der Waals surface area contributed by atoms with Gasteiger partial charge in [-0.2, -0.15) is 5.10 Å². The number of methoxy groups -OCH3 is 1. The van der Waals surface area contributed by atoms with Crippen molar-refractivity contribution in [3.05, 3.63) is 54.1 Å². The van der Waals surface area contributed by atoms with E-state index in [0.29, 0.717) is 0 Å². The number of hydrogen-bond donors (Lipinski definition) is 1. The van der Waals surface area contributed by atoms with Gasteiger partial charge in [0.2, 0.25) is 0 Å². The zero-order chi connectivity index (χ0) is 12.8. The topological polar surface area (TPSA) is 56.8 Å². The van der Waals surface area contributed by atoms with Gasteiger partial charge in [-0.3, -0.25) is 0 Å². The van der Waals surface area contributed by atoms with Gasteiger partial charge in [0.25, 0.3) is 0 Å². The average Bonchev–Trinajstić information content (AvgIpc) is 2.40. The molecule has 0 fully saturated rings. The summed E-state index contributed by atoms with van der Waals surface area (Å²) in [7, 11) is 1.63. The Labute approximate surface area is 106 Å². The Bertz CT molecular complexity index is 536. The SMILES string of the molecule is COc1ccc(Oc2cccc(C=NN)c2)cc1. The van der Waals surface area contributed by atoms with Crippen molar-refractivity contribution in [1.82, 2.24) is 0 Å². The molecule has 0 aromatic heterocycles. The Hall–Kier alpha value is -2.49. The molecule has 0 atom stereocenters. The molecule has 2 N–H and O–H groups in total. The molecule has 0 amide bonds. The van der Waals surface area contributed by atoms with Crippen LogP contribution in [-0.4, -0.2) is 13.3 Å². The van der Waals surface area contributed by atoms with Crippen LogP contribution in [0, 0.1) is 0 Å². The number of nitrogens with zero attached hydrogens (tertiary/aromatic N) is 1. The van der Waals surface area contributed by atoms with Crippen LogP contribution in [0.3, 0.4) is 0 Å². The van der Waals surface area contributed by atoms with Crippen molar-refractivity contribution in [3.63, 3.8) is 0 Å². The maximum atomic E-state index is 5.71. The van der Waals surface area contributed by atoms with Gasteiger partial charge in [0.05, 0.1) is 13.3 Å². The molecular weight excluding hydrogens is 228 g/mol. The molecule has 2 aromatic carbocycles. The Morgan fingerprint density at radius 2 is 1.72 bits per heavy atom. The largest absolute Gasteiger partial charge is 0.497 e. The third-order valence-electron chi connectivity index (χ3n) is 2.38. The Morgan fingerprint density at radius 1 is 1.00 bits per heavy atom. The first-order chi connectivity index (χ1) is 8.81. The monoisotopic (exact) mass is 242 g/mol. The van der Waals surface area contributed by atoms with Gasteiger partial charge >= 0.3 is 0 Å². The van der Waals surface area contributed by atoms with Crippen molar-refractivity contribution in [3.8, 4) is 17.2 Å². The van der Waals surface area contributed by atoms with E-state index in [-0.39, 0.29) is 0 Å². The Morgan fingerprint density at radius 3 is 2.39 bits per heavy atom. The highest BCUT2D eigenvalue weighted by Crippen LogP contribution is 2.24. The number of hydrazone groups is 1. The van der Waals surface area contributed by atoms with Crippen molar-refractivity contribution >= 4 is 6.21 Å². The van der Waals surface area contributed by atoms with Crippen LogP contribution >= 0.6 is 0 Å². The molecule has 0 saturated carbocycles. The molecule has 2 aromatic rings. The van der Waals surface area contributed by atoms with Crippen LogP contribution in [0.15, 0.2) is 53.6 Å². The first-order valence-corrected chi connectivity index (χ1v) is 5.47. The minimum absolute atomic E-state index is 0.734. The van der Waals surface area contributed by atoms with Crippen molar-refractivity contribution < 1.29 is 9.47 Å². The van der Waals surface area contributed by atoms with Crippen LogP contribution in [0.5, 0.6) is 17.2 Å². The molecule has 0 aliphatic heterocycles. The van der Waals surface area contributed by atoms with Crippen molar-refractivity contribution in [2.75, 3.05) is 7.11 Å². The summed E-state index contributed by atoms with van der Waals surface area (Å²) in [5.74, 6) is 7.39. The highest BCUT2D eigenvalue weighted by atomic mass is 16.5. The van der Waals surface area contributed by atoms with E-state index in [0.717, 1.165) is 22.8 Å². The van der Waals surface area contributed by atoms with Crippen molar-refractivity contribution in [1.29, 1.82) is 0 Å². The molecule has 92 valence electrons. The third kappa shape index (κ3) is 3.01. The Kier molecular flexibility index (Phi) is 3.81. The van der Waals surface area contributed by atoms with Crippen LogP contribution < -0.4 is 15.3 Å². The maximum Gasteiger partial charge on any atom is 0.128 e. The summed E-state index contributed by atoms with van der Waals surface area (Å²) in [6.45, 7) is 0. The van der Waals surface area contributed by atoms with E-state index in [2.05, 4.69) is 5.10 Å². The fourth-order valence-electron chi connectivity index (χ4n) is 1.52. The van der Waals surface area contributed by atoms with Crippen LogP contribution in [0.1, 0.15) is 5.56 Å². The number of ether oxygens (including phenoxy) is 2. The molecular formula is C14H14N2O2. The molecule has 0 saturated heterocycles. The molecule has 18 heavy (non-hydrogen) atoms. The average molecular weight is 242 g/mol. The fraction of sp³-hybridized carbons (Fsp3) is 0.0714. The minimum atomic E-state index is 0.734. The van der Waals surface area contributed by atoms with Crippen LogP contribution in [0.2, 0.25) is 0 Å². The lowest BCUT2D eigenvalue weighted by Gasteiger charge is -2.07. The number of rotatable bonds is 4. The van der Waals surface area contributed by atoms with Gasteiger partial charge in [0, 0.05) is 0 Å². The van der Waals surface area contributed by atoms with Gasteiger partial charge < -0.3 is 15.3 Å². The smallest absolute Gasteiger partial charge is 0.128 e. The number of benzene rings is 2. The van der Waals surface area contributed by atoms with Gasteiger partial charge in [0.15, 0.2) is 0 Å². The van der Waals surface area contributed by atoms with Gasteiger partial charge in [0.1, 0.15) is 17.2 Å². The molecule has 2 rings (SSSR count). The first-order valence-electron chi connectivity index (χ1n) is 5.47. The second kappa shape index (κ2) is 5.72. The Balaban J connectivity index is 2.14. The lowest BCUT2D eigenvalue weighted by atomic mass is 10.2. The molecule has 0 heterocycles. The zero-order valence-electron chi connectivity index (χ0n) is 10.0. The van der Waals surface area contributed by atoms with Gasteiger partial charge in [-0.05, 0) is 42.0 Å². The van der Waals surface area contributed by atoms with Crippen LogP contribution in [0.4, 0.5) is 0 Å². The van der Waals surface area contributed by atoms with Gasteiger partial charge in [-0.1, -0.05) is 12.1 Å². The van der Waals surface area contributed by atoms with E-state index in [9.17, 15) is 0 Å². The van der Waals surface area contributed by atoms with Crippen LogP contribution in [-0.2, 0) is 0 Å². The maximum absolute atomic E-state index is 5.71. The molecule has 0 spiro atoms. The van der Waals surface area contributed by atoms with E-state index >= 15 is 0 Å². The summed E-state index contributed by atoms with van der Waals surface area (Å²) in [4.78, 5) is 0. The number of nitrogens with two attached hydrogens (primary N) is 1. The van der Waals surface area contributed by atoms with Gasteiger partial charge in [-0.25, -0.2) is 0 Å². The summed E-state index contributed by atoms with van der Waals surface area (Å²) < 4.78 is 10.8. The molecule has 4 heteroatoms. The summed E-state index contributed by atoms with van der Waals surface area (Å²) in [5, 5.41) is 3.48. The predicted molar refractivity (Wildman–Crippen MR) is 71.3 cm³/mol. The molecule has 0 aliphatic rings. The summed E-state index contributed by atoms with van der Waals surface area (Å²) >= 11 is 0. The summed E-state index contributed by atoms with van der Waals surface area (Å²) in [6.07, 6.45) is 1.57. The van der Waals surface area contributed by atoms with Gasteiger partial charge in [-0.15, -0.1) is 0 Å². The standard InChI is InChI=1S/C14H14N2O2/c1-17-12-5-7-13(8-6-12)18-14-4-2-3-11(9-14)10-16-15/h2-10H,15H2,1H3. The van der Waals surface area contributed by atoms with Crippen LogP contribution in [0.25, 0.3) is 0 Å². The molecule has 0 unspecified atom stereocenters. The lowest BCUT2D eigenvalue weighted by Crippen LogP contribution is -1.89. The van der Waals surface area contributed by atoms with E-state index < -0.39 is 0 Å². The van der Waals surface area contributed by atoms with Crippen molar-refractivity contribution in [2.45, 2.75) is 0 Å². The fourth-order valence-corrected chi connectivity index (χ4v) is 1.52. The summed E-state index contributed by atoms with van der Waals surface area (Å²) in [6, 6.07) is 14.9. The quantitative estimate of drug-likeness (QED) is 0.509. The third-order valence-corrected chi connectivity index (χ3v) is 2.38. The molecule has 4 nitrogen and oxygen atoms in total. The van der Waals surface area contributed by atoms with E-state index in [1.165, 1.54) is 0 Å². The second-order valence-electron chi connectivity index (χ2n) is 3.63. The van der Waals surface area contributed by atoms with E-state index in [4.69, 9.17) is 15.3 Å². The molecule has 0 radical (unpaired) electrons. The lowest BCUT2D eigenvalue weighted by molar-refractivity contribution is 0.413. The summed E-state index contributed by atoms with van der Waals surface area (Å²) in [5.41, 5.74) is 0.892. The predicted octanol–water partition coefficient (Wildman–Crippen LogP) is 2.78. The normalized spacial score (nSPS) is 10.5. The van der Waals surface area contributed by atoms with E-state index in [1.54, 1.807) is 13.3 Å². The molecule has 0 bridgehead atoms. The second-order valence-corrected chi connectivity index (χ2v) is 3.63. The van der Waals surface area contributed by atoms with E-state index in [1.807, 2.05) is 48.5 Å². The highest BCUT2D eigenvalue weighted by Gasteiger charge is 1.98. The number of hydrogen-bond acceptors (Lipinski definition) is 4. The molecule has 0 aliphatic carbocycles. The van der Waals surface area contributed by atoms with Crippen molar-refractivity contribution in [2.24, 2.45) is 10.9 Å². The minimum Gasteiger partial charge on any atom is -0.497 e. The first kappa shape index (κ1) is 12.0. The highest BCUT2D eigenvalue weighted by molar-refractivity contribution is 5.79.